The van der Waals surface area contributed by atoms with Crippen LogP contribution in [0.2, 0.25) is 0 Å². The second-order valence-corrected chi connectivity index (χ2v) is 1.70. The van der Waals surface area contributed by atoms with Crippen LogP contribution in [0.5, 0.6) is 0 Å². The number of aliphatic hydroxyl groups is 1. The molecule has 0 aromatic heterocycles. The van der Waals surface area contributed by atoms with Gasteiger partial charge in [0.25, 0.3) is 0 Å². The molecule has 0 saturated heterocycles. The molecule has 0 aliphatic heterocycles. The van der Waals surface area contributed by atoms with Gasteiger partial charge in [0.05, 0.1) is 0 Å². The summed E-state index contributed by atoms with van der Waals surface area (Å²) in [5, 5.41) is 8.33. The van der Waals surface area contributed by atoms with Crippen molar-refractivity contribution in [2.45, 2.75) is 20.3 Å². The van der Waals surface area contributed by atoms with Crippen LogP contribution in [0.15, 0.2) is 0 Å². The third-order valence-corrected chi connectivity index (χ3v) is 1.01. The van der Waals surface area contributed by atoms with E-state index in [2.05, 4.69) is 6.92 Å². The van der Waals surface area contributed by atoms with Gasteiger partial charge in [-0.25, -0.2) is 0 Å². The molecule has 0 fully saturated rings. The van der Waals surface area contributed by atoms with Crippen LogP contribution in [-0.2, 0) is 22.4 Å². The van der Waals surface area contributed by atoms with Crippen molar-refractivity contribution in [2.75, 3.05) is 6.61 Å². The minimum absolute atomic E-state index is 0. The average molecular weight is 269 g/mol. The molecule has 1 N–H and O–H groups in total. The van der Waals surface area contributed by atoms with E-state index in [1.54, 1.807) is 0 Å². The molecule has 1 unspecified atom stereocenters. The Hall–Kier alpha value is 0.700. The van der Waals surface area contributed by atoms with Crippen molar-refractivity contribution in [2.24, 2.45) is 5.92 Å². The van der Waals surface area contributed by atoms with E-state index >= 15 is 0 Å². The van der Waals surface area contributed by atoms with Gasteiger partial charge in [-0.05, 0) is 5.92 Å². The molecule has 0 spiro atoms. The first-order chi connectivity index (χ1) is 2.81. The Labute approximate surface area is 60.6 Å². The van der Waals surface area contributed by atoms with Gasteiger partial charge in [0, 0.05) is 29.0 Å². The van der Waals surface area contributed by atoms with E-state index in [9.17, 15) is 0 Å². The molecule has 2 heteroatoms. The topological polar surface area (TPSA) is 20.2 Å². The maximum atomic E-state index is 8.33. The van der Waals surface area contributed by atoms with E-state index in [0.29, 0.717) is 12.5 Å². The summed E-state index contributed by atoms with van der Waals surface area (Å²) in [5.41, 5.74) is 0. The van der Waals surface area contributed by atoms with Crippen molar-refractivity contribution in [1.29, 1.82) is 0 Å². The summed E-state index contributed by atoms with van der Waals surface area (Å²) in [6.07, 6.45) is 1.08. The quantitative estimate of drug-likeness (QED) is 0.793. The second kappa shape index (κ2) is 6.70. The zero-order chi connectivity index (χ0) is 4.99. The molecule has 7 heavy (non-hydrogen) atoms. The predicted octanol–water partition coefficient (Wildman–Crippen LogP) is 1.02. The summed E-state index contributed by atoms with van der Waals surface area (Å²) in [4.78, 5) is 0. The molecule has 43 valence electrons. The van der Waals surface area contributed by atoms with E-state index in [-0.39, 0.29) is 22.4 Å². The summed E-state index contributed by atoms with van der Waals surface area (Å²) in [7, 11) is 0. The molecule has 0 aliphatic rings. The van der Waals surface area contributed by atoms with Gasteiger partial charge in [-0.15, -0.1) is 0 Å². The number of hydrogen-bond acceptors (Lipinski definition) is 1. The van der Waals surface area contributed by atoms with Crippen molar-refractivity contribution < 1.29 is 27.5 Å². The van der Waals surface area contributed by atoms with Gasteiger partial charge < -0.3 is 5.11 Å². The molecule has 0 aliphatic carbocycles. The fourth-order valence-electron chi connectivity index (χ4n) is 0.129. The van der Waals surface area contributed by atoms with E-state index < -0.39 is 0 Å². The standard InChI is InChI=1S/C5H12O.Ta/c1-3-5(2)4-6;/h5-6H,3-4H2,1-2H3;. The molecular weight excluding hydrogens is 257 g/mol. The summed E-state index contributed by atoms with van der Waals surface area (Å²) in [5.74, 6) is 0.491. The Morgan fingerprint density at radius 2 is 2.00 bits per heavy atom. The third-order valence-electron chi connectivity index (χ3n) is 1.01. The van der Waals surface area contributed by atoms with Gasteiger partial charge in [0.1, 0.15) is 0 Å². The monoisotopic (exact) mass is 269 g/mol. The normalized spacial score (nSPS) is 12.4. The molecule has 1 nitrogen and oxygen atoms in total. The number of aliphatic hydroxyl groups excluding tert-OH is 1. The minimum atomic E-state index is 0. The van der Waals surface area contributed by atoms with Crippen LogP contribution in [0.1, 0.15) is 20.3 Å². The first kappa shape index (κ1) is 10.6. The van der Waals surface area contributed by atoms with Crippen LogP contribution in [0.3, 0.4) is 0 Å². The van der Waals surface area contributed by atoms with Gasteiger partial charge in [-0.3, -0.25) is 0 Å². The first-order valence-electron chi connectivity index (χ1n) is 2.42. The third kappa shape index (κ3) is 6.70. The van der Waals surface area contributed by atoms with Crippen molar-refractivity contribution in [3.63, 3.8) is 0 Å². The Bertz CT molecular complexity index is 27.3. The largest absolute Gasteiger partial charge is 0.396 e. The molecule has 0 bridgehead atoms. The first-order valence-corrected chi connectivity index (χ1v) is 2.42. The minimum Gasteiger partial charge on any atom is -0.396 e. The Balaban J connectivity index is 0. The predicted molar refractivity (Wildman–Crippen MR) is 26.5 cm³/mol. The Morgan fingerprint density at radius 1 is 1.57 bits per heavy atom. The van der Waals surface area contributed by atoms with Crippen LogP contribution in [0.25, 0.3) is 0 Å². The van der Waals surface area contributed by atoms with Gasteiger partial charge >= 0.3 is 0 Å². The molecule has 0 rings (SSSR count). The molecule has 0 heterocycles. The smallest absolute Gasteiger partial charge is 0.0456 e. The molecule has 0 aromatic carbocycles. The van der Waals surface area contributed by atoms with Gasteiger partial charge in [0.15, 0.2) is 0 Å². The van der Waals surface area contributed by atoms with E-state index in [1.807, 2.05) is 6.92 Å². The van der Waals surface area contributed by atoms with Gasteiger partial charge in [-0.1, -0.05) is 20.3 Å². The van der Waals surface area contributed by atoms with E-state index in [4.69, 9.17) is 5.11 Å². The molecule has 0 aromatic rings. The fraction of sp³-hybridized carbons (Fsp3) is 1.00. The SMILES string of the molecule is CCC(C)CO.[Ta]. The van der Waals surface area contributed by atoms with Crippen LogP contribution in [-0.4, -0.2) is 11.7 Å². The van der Waals surface area contributed by atoms with E-state index in [0.717, 1.165) is 6.42 Å². The Morgan fingerprint density at radius 3 is 2.00 bits per heavy atom. The van der Waals surface area contributed by atoms with E-state index in [1.165, 1.54) is 0 Å². The molecule has 0 amide bonds. The molecule has 0 saturated carbocycles. The number of rotatable bonds is 2. The van der Waals surface area contributed by atoms with Gasteiger partial charge in [0.2, 0.25) is 0 Å². The van der Waals surface area contributed by atoms with Crippen LogP contribution >= 0.6 is 0 Å². The Kier molecular flexibility index (Phi) is 10.2. The zero-order valence-corrected chi connectivity index (χ0v) is 8.10. The maximum absolute atomic E-state index is 8.33. The fourth-order valence-corrected chi connectivity index (χ4v) is 0.129. The van der Waals surface area contributed by atoms with Crippen molar-refractivity contribution >= 4 is 0 Å². The summed E-state index contributed by atoms with van der Waals surface area (Å²) in [6, 6.07) is 0. The van der Waals surface area contributed by atoms with Crippen molar-refractivity contribution in [3.8, 4) is 0 Å². The summed E-state index contributed by atoms with van der Waals surface area (Å²) >= 11 is 0. The molecule has 1 atom stereocenters. The number of hydrogen-bond donors (Lipinski definition) is 1. The van der Waals surface area contributed by atoms with Crippen LogP contribution < -0.4 is 0 Å². The van der Waals surface area contributed by atoms with Crippen LogP contribution in [0.4, 0.5) is 0 Å². The molecular formula is C5H12OTa. The van der Waals surface area contributed by atoms with Crippen molar-refractivity contribution in [1.82, 2.24) is 0 Å². The maximum Gasteiger partial charge on any atom is 0.0456 e. The van der Waals surface area contributed by atoms with Crippen molar-refractivity contribution in [3.05, 3.63) is 0 Å². The second-order valence-electron chi connectivity index (χ2n) is 1.70. The average Bonchev–Trinajstić information content (AvgIpc) is 1.65. The van der Waals surface area contributed by atoms with Gasteiger partial charge in [-0.2, -0.15) is 0 Å². The molecule has 1 radical (unpaired) electrons. The van der Waals surface area contributed by atoms with Crippen LogP contribution in [0, 0.1) is 5.92 Å². The zero-order valence-electron chi connectivity index (χ0n) is 4.89. The summed E-state index contributed by atoms with van der Waals surface area (Å²) in [6.45, 7) is 4.43. The summed E-state index contributed by atoms with van der Waals surface area (Å²) < 4.78 is 0.